The summed E-state index contributed by atoms with van der Waals surface area (Å²) in [5.74, 6) is 1.57. The smallest absolute Gasteiger partial charge is 0.445 e. The van der Waals surface area contributed by atoms with E-state index in [0.717, 1.165) is 43.6 Å². The lowest BCUT2D eigenvalue weighted by molar-refractivity contribution is -0.154. The van der Waals surface area contributed by atoms with E-state index < -0.39 is 10.4 Å². The number of hydrogen-bond donors (Lipinski definition) is 3. The lowest BCUT2D eigenvalue weighted by Gasteiger charge is -2.66. The third-order valence-corrected chi connectivity index (χ3v) is 10.4. The predicted octanol–water partition coefficient (Wildman–Crippen LogP) is 5.32. The Balaban J connectivity index is 0.000000568. The number of aryl methyl sites for hydroxylation is 1. The summed E-state index contributed by atoms with van der Waals surface area (Å²) in [5.41, 5.74) is 13.3. The molecule has 37 heavy (non-hydrogen) atoms. The molecule has 0 bridgehead atoms. The fourth-order valence-corrected chi connectivity index (χ4v) is 8.44. The minimum atomic E-state index is -4.49. The molecule has 3 fully saturated rings. The molecule has 0 aromatic carbocycles. The van der Waals surface area contributed by atoms with Gasteiger partial charge >= 0.3 is 10.4 Å². The SMILES string of the molecule is CC1(C)CCC[C@]2(C)[C@H]3CC/C(=C\OS(=O)(=O)O)[C@H](CCc4ccoc4)[C@@]3(C)CC[C@@H]12.CN(C)C(N)N. The van der Waals surface area contributed by atoms with Crippen molar-refractivity contribution in [2.75, 3.05) is 14.1 Å². The van der Waals surface area contributed by atoms with Gasteiger partial charge in [0.2, 0.25) is 0 Å². The number of rotatable bonds is 6. The molecule has 5 N–H and O–H groups in total. The fourth-order valence-electron chi connectivity index (χ4n) is 8.20. The Morgan fingerprint density at radius 1 is 1.14 bits per heavy atom. The molecule has 0 unspecified atom stereocenters. The first-order chi connectivity index (χ1) is 17.1. The van der Waals surface area contributed by atoms with Gasteiger partial charge in [-0.25, -0.2) is 0 Å². The summed E-state index contributed by atoms with van der Waals surface area (Å²) < 4.78 is 41.7. The quantitative estimate of drug-likeness (QED) is 0.251. The first-order valence-electron chi connectivity index (χ1n) is 13.6. The summed E-state index contributed by atoms with van der Waals surface area (Å²) in [4.78, 5) is 1.72. The summed E-state index contributed by atoms with van der Waals surface area (Å²) in [6.45, 7) is 9.89. The molecule has 4 rings (SSSR count). The lowest BCUT2D eigenvalue weighted by Crippen LogP contribution is -2.58. The van der Waals surface area contributed by atoms with E-state index in [2.05, 4.69) is 27.7 Å². The number of nitrogens with zero attached hydrogens (tertiary/aromatic N) is 1. The molecule has 5 atom stereocenters. The van der Waals surface area contributed by atoms with E-state index in [1.165, 1.54) is 37.5 Å². The monoisotopic (exact) mass is 539 g/mol. The first-order valence-corrected chi connectivity index (χ1v) is 15.0. The molecule has 1 heterocycles. The second-order valence-electron chi connectivity index (χ2n) is 12.9. The van der Waals surface area contributed by atoms with Gasteiger partial charge < -0.3 is 20.1 Å². The second-order valence-corrected chi connectivity index (χ2v) is 14.0. The Morgan fingerprint density at radius 2 is 1.81 bits per heavy atom. The average Bonchev–Trinajstić information content (AvgIpc) is 3.29. The van der Waals surface area contributed by atoms with E-state index in [9.17, 15) is 8.42 Å². The summed E-state index contributed by atoms with van der Waals surface area (Å²) >= 11 is 0. The third-order valence-electron chi connectivity index (χ3n) is 10.0. The lowest BCUT2D eigenvalue weighted by atomic mass is 9.39. The third kappa shape index (κ3) is 6.79. The van der Waals surface area contributed by atoms with Crippen molar-refractivity contribution in [3.05, 3.63) is 36.0 Å². The van der Waals surface area contributed by atoms with Crippen molar-refractivity contribution in [1.29, 1.82) is 0 Å². The van der Waals surface area contributed by atoms with Crippen LogP contribution >= 0.6 is 0 Å². The summed E-state index contributed by atoms with van der Waals surface area (Å²) in [7, 11) is -0.844. The van der Waals surface area contributed by atoms with Crippen LogP contribution in [0.5, 0.6) is 0 Å². The molecule has 3 saturated carbocycles. The molecule has 3 aliphatic carbocycles. The Morgan fingerprint density at radius 3 is 2.38 bits per heavy atom. The van der Waals surface area contributed by atoms with Gasteiger partial charge in [-0.3, -0.25) is 9.45 Å². The first kappa shape index (κ1) is 30.2. The van der Waals surface area contributed by atoms with Gasteiger partial charge in [0.15, 0.2) is 0 Å². The minimum absolute atomic E-state index is 0.0923. The van der Waals surface area contributed by atoms with Crippen molar-refractivity contribution in [3.8, 4) is 0 Å². The van der Waals surface area contributed by atoms with Crippen molar-refractivity contribution >= 4 is 10.4 Å². The molecule has 1 aromatic heterocycles. The fraction of sp³-hybridized carbons (Fsp3) is 0.786. The molecule has 0 amide bonds. The number of furan rings is 1. The number of hydrogen-bond acceptors (Lipinski definition) is 7. The molecule has 0 radical (unpaired) electrons. The van der Waals surface area contributed by atoms with Gasteiger partial charge in [0.05, 0.1) is 12.5 Å². The van der Waals surface area contributed by atoms with Crippen LogP contribution in [0.1, 0.15) is 84.6 Å². The van der Waals surface area contributed by atoms with Crippen molar-refractivity contribution in [2.24, 2.45) is 45.5 Å². The van der Waals surface area contributed by atoms with Crippen molar-refractivity contribution in [3.63, 3.8) is 0 Å². The van der Waals surface area contributed by atoms with E-state index in [0.29, 0.717) is 16.7 Å². The Hall–Kier alpha value is -1.39. The molecule has 8 nitrogen and oxygen atoms in total. The maximum Gasteiger partial charge on any atom is 0.445 e. The Bertz CT molecular complexity index is 1010. The van der Waals surface area contributed by atoms with Crippen LogP contribution in [-0.4, -0.2) is 38.3 Å². The number of nitrogens with two attached hydrogens (primary N) is 2. The molecule has 1 aromatic rings. The molecular weight excluding hydrogens is 490 g/mol. The van der Waals surface area contributed by atoms with Gasteiger partial charge in [-0.15, -0.1) is 0 Å². The van der Waals surface area contributed by atoms with Gasteiger partial charge in [-0.05, 0) is 117 Å². The van der Waals surface area contributed by atoms with Gasteiger partial charge in [-0.2, -0.15) is 8.42 Å². The van der Waals surface area contributed by atoms with Crippen molar-refractivity contribution in [1.82, 2.24) is 4.90 Å². The van der Waals surface area contributed by atoms with Crippen LogP contribution in [0.4, 0.5) is 0 Å². The van der Waals surface area contributed by atoms with E-state index in [-0.39, 0.29) is 17.6 Å². The normalized spacial score (nSPS) is 34.5. The van der Waals surface area contributed by atoms with E-state index in [1.807, 2.05) is 20.2 Å². The highest BCUT2D eigenvalue weighted by molar-refractivity contribution is 7.81. The van der Waals surface area contributed by atoms with Crippen LogP contribution in [0, 0.1) is 34.0 Å². The highest BCUT2D eigenvalue weighted by atomic mass is 32.3. The molecular formula is C28H49N3O5S. The maximum absolute atomic E-state index is 11.3. The zero-order chi connectivity index (χ0) is 27.6. The predicted molar refractivity (Wildman–Crippen MR) is 146 cm³/mol. The van der Waals surface area contributed by atoms with Crippen LogP contribution in [0.2, 0.25) is 0 Å². The molecule has 212 valence electrons. The van der Waals surface area contributed by atoms with Gasteiger partial charge in [0, 0.05) is 0 Å². The molecule has 0 spiro atoms. The number of allylic oxidation sites excluding steroid dienone is 1. The van der Waals surface area contributed by atoms with Crippen LogP contribution in [-0.2, 0) is 21.0 Å². The molecule has 3 aliphatic rings. The van der Waals surface area contributed by atoms with E-state index >= 15 is 0 Å². The van der Waals surface area contributed by atoms with Crippen LogP contribution in [0.25, 0.3) is 0 Å². The second kappa shape index (κ2) is 11.4. The van der Waals surface area contributed by atoms with Crippen molar-refractivity contribution in [2.45, 2.75) is 91.8 Å². The molecule has 0 saturated heterocycles. The van der Waals surface area contributed by atoms with Gasteiger partial charge in [0.25, 0.3) is 0 Å². The zero-order valence-corrected chi connectivity index (χ0v) is 24.4. The molecule has 0 aliphatic heterocycles. The van der Waals surface area contributed by atoms with E-state index in [4.69, 9.17) is 24.6 Å². The summed E-state index contributed by atoms with van der Waals surface area (Å²) in [6, 6.07) is 2.00. The largest absolute Gasteiger partial charge is 0.472 e. The summed E-state index contributed by atoms with van der Waals surface area (Å²) in [6.07, 6.45) is 14.5. The highest BCUT2D eigenvalue weighted by Gasteiger charge is 2.61. The van der Waals surface area contributed by atoms with Crippen LogP contribution < -0.4 is 11.5 Å². The minimum Gasteiger partial charge on any atom is -0.472 e. The summed E-state index contributed by atoms with van der Waals surface area (Å²) in [5, 5.41) is 0. The van der Waals surface area contributed by atoms with Crippen LogP contribution in [0.15, 0.2) is 34.8 Å². The van der Waals surface area contributed by atoms with Crippen LogP contribution in [0.3, 0.4) is 0 Å². The Labute approximate surface area is 224 Å². The maximum atomic E-state index is 11.3. The average molecular weight is 540 g/mol. The molecule has 9 heteroatoms. The number of fused-ring (bicyclic) bond motifs is 3. The standard InChI is InChI=1S/C25H38O5S.C3H11N3/c1-23(2)12-5-13-25(4)21(23)10-14-24(3)20(8-6-18-11-15-29-16-18)19(7-9-22(24)25)17-30-31(26,27)28;1-6(2)3(4)5/h11,15-17,20-22H,5-10,12-14H2,1-4H3,(H,26,27,28);3H,4-5H2,1-2H3/b19-17+;/t20-,21-,22-,24+,25-;/m0./s1. The van der Waals surface area contributed by atoms with Crippen molar-refractivity contribution < 1.29 is 21.6 Å². The van der Waals surface area contributed by atoms with Gasteiger partial charge in [-0.1, -0.05) is 34.1 Å². The van der Waals surface area contributed by atoms with Gasteiger partial charge in [0.1, 0.15) is 12.6 Å². The Kier molecular flexibility index (Phi) is 9.28. The topological polar surface area (TPSA) is 132 Å². The highest BCUT2D eigenvalue weighted by Crippen LogP contribution is 2.69. The zero-order valence-electron chi connectivity index (χ0n) is 23.6. The van der Waals surface area contributed by atoms with E-state index in [1.54, 1.807) is 17.4 Å².